The van der Waals surface area contributed by atoms with E-state index in [9.17, 15) is 19.8 Å². The van der Waals surface area contributed by atoms with Crippen molar-refractivity contribution in [2.24, 2.45) is 17.8 Å². The number of carbonyl (C=O) groups is 2. The van der Waals surface area contributed by atoms with Gasteiger partial charge in [-0.25, -0.2) is 0 Å². The zero-order valence-electron chi connectivity index (χ0n) is 13.2. The zero-order chi connectivity index (χ0) is 16.6. The lowest BCUT2D eigenvalue weighted by molar-refractivity contribution is -0.143. The van der Waals surface area contributed by atoms with E-state index in [1.54, 1.807) is 0 Å². The van der Waals surface area contributed by atoms with Crippen molar-refractivity contribution in [2.45, 2.75) is 49.0 Å². The molecule has 130 valence electrons. The summed E-state index contributed by atoms with van der Waals surface area (Å²) in [5.74, 6) is 0.0523. The quantitative estimate of drug-likeness (QED) is 0.630. The lowest BCUT2D eigenvalue weighted by Gasteiger charge is -2.42. The van der Waals surface area contributed by atoms with Crippen molar-refractivity contribution >= 4 is 27.9 Å². The summed E-state index contributed by atoms with van der Waals surface area (Å²) in [7, 11) is 0. The predicted octanol–water partition coefficient (Wildman–Crippen LogP) is 1.39. The van der Waals surface area contributed by atoms with E-state index in [0.29, 0.717) is 30.6 Å². The highest BCUT2D eigenvalue weighted by Crippen LogP contribution is 2.39. The number of hydrogen-bond acceptors (Lipinski definition) is 4. The molecule has 0 aromatic heterocycles. The molecule has 0 amide bonds. The minimum Gasteiger partial charge on any atom is -0.480 e. The molecule has 0 radical (unpaired) electrons. The number of fused-ring (bicyclic) bond motifs is 1. The number of aliphatic carboxylic acids is 2. The van der Waals surface area contributed by atoms with E-state index in [-0.39, 0.29) is 10.9 Å². The topological polar surface area (TPSA) is 89.9 Å². The molecule has 3 N–H and O–H groups in total. The van der Waals surface area contributed by atoms with Crippen LogP contribution in [0.2, 0.25) is 0 Å². The Balaban J connectivity index is 1.57. The van der Waals surface area contributed by atoms with Gasteiger partial charge in [0.05, 0.1) is 0 Å². The number of rotatable bonds is 4. The van der Waals surface area contributed by atoms with E-state index in [4.69, 9.17) is 0 Å². The normalized spacial score (nSPS) is 41.4. The summed E-state index contributed by atoms with van der Waals surface area (Å²) in [4.78, 5) is 25.0. The Kier molecular flexibility index (Phi) is 5.28. The fraction of sp³-hybridized carbons (Fsp3) is 0.875. The van der Waals surface area contributed by atoms with Crippen molar-refractivity contribution in [2.75, 3.05) is 19.6 Å². The average molecular weight is 389 g/mol. The summed E-state index contributed by atoms with van der Waals surface area (Å²) in [6, 6.07) is -0.794. The molecule has 6 nitrogen and oxygen atoms in total. The summed E-state index contributed by atoms with van der Waals surface area (Å²) in [6.07, 6.45) is 4.65. The van der Waals surface area contributed by atoms with Gasteiger partial charge in [0.2, 0.25) is 0 Å². The Bertz CT molecular complexity index is 475. The van der Waals surface area contributed by atoms with Crippen LogP contribution in [0, 0.1) is 17.8 Å². The number of halogens is 1. The first-order valence-electron chi connectivity index (χ1n) is 8.51. The minimum atomic E-state index is -0.752. The van der Waals surface area contributed by atoms with Gasteiger partial charge in [-0.15, -0.1) is 0 Å². The first-order valence-corrected chi connectivity index (χ1v) is 9.42. The highest BCUT2D eigenvalue weighted by molar-refractivity contribution is 9.09. The lowest BCUT2D eigenvalue weighted by Crippen LogP contribution is -2.50. The van der Waals surface area contributed by atoms with Gasteiger partial charge in [0.25, 0.3) is 0 Å². The maximum absolute atomic E-state index is 11.4. The van der Waals surface area contributed by atoms with Crippen molar-refractivity contribution in [3.05, 3.63) is 0 Å². The number of nitrogens with zero attached hydrogens (tertiary/aromatic N) is 1. The molecule has 1 aliphatic carbocycles. The van der Waals surface area contributed by atoms with E-state index in [0.717, 1.165) is 38.9 Å². The Morgan fingerprint density at radius 2 is 1.87 bits per heavy atom. The van der Waals surface area contributed by atoms with Crippen LogP contribution in [0.4, 0.5) is 0 Å². The third kappa shape index (κ3) is 3.88. The van der Waals surface area contributed by atoms with Crippen LogP contribution >= 0.6 is 15.9 Å². The first-order chi connectivity index (χ1) is 10.9. The first kappa shape index (κ1) is 17.2. The zero-order valence-corrected chi connectivity index (χ0v) is 14.7. The molecular weight excluding hydrogens is 364 g/mol. The third-order valence-corrected chi connectivity index (χ3v) is 6.50. The number of likely N-dealkylation sites (tertiary alicyclic amines) is 1. The van der Waals surface area contributed by atoms with Gasteiger partial charge >= 0.3 is 11.9 Å². The molecule has 1 saturated carbocycles. The summed E-state index contributed by atoms with van der Waals surface area (Å²) in [5, 5.41) is 21.7. The van der Waals surface area contributed by atoms with Gasteiger partial charge in [-0.1, -0.05) is 15.9 Å². The van der Waals surface area contributed by atoms with E-state index in [2.05, 4.69) is 26.1 Å². The number of nitrogens with one attached hydrogen (secondary N) is 1. The van der Waals surface area contributed by atoms with Crippen LogP contribution in [-0.4, -0.2) is 63.6 Å². The Labute approximate surface area is 144 Å². The smallest absolute Gasteiger partial charge is 0.320 e. The molecule has 6 atom stereocenters. The average Bonchev–Trinajstić information content (AvgIpc) is 2.87. The molecule has 2 saturated heterocycles. The van der Waals surface area contributed by atoms with Gasteiger partial charge in [-0.05, 0) is 56.4 Å². The fourth-order valence-corrected chi connectivity index (χ4v) is 5.38. The monoisotopic (exact) mass is 388 g/mol. The number of carboxylic acid groups (broad SMARTS) is 2. The molecule has 2 aliphatic heterocycles. The predicted molar refractivity (Wildman–Crippen MR) is 88.7 cm³/mol. The van der Waals surface area contributed by atoms with Gasteiger partial charge in [-0.2, -0.15) is 0 Å². The van der Waals surface area contributed by atoms with Crippen molar-refractivity contribution < 1.29 is 19.8 Å². The molecule has 3 rings (SSSR count). The second-order valence-electron chi connectivity index (χ2n) is 7.37. The van der Waals surface area contributed by atoms with Crippen LogP contribution in [-0.2, 0) is 9.59 Å². The maximum Gasteiger partial charge on any atom is 0.320 e. The highest BCUT2D eigenvalue weighted by atomic mass is 79.9. The van der Waals surface area contributed by atoms with Crippen molar-refractivity contribution in [3.63, 3.8) is 0 Å². The van der Waals surface area contributed by atoms with Gasteiger partial charge < -0.3 is 15.5 Å². The van der Waals surface area contributed by atoms with Gasteiger partial charge in [0.15, 0.2) is 0 Å². The second-order valence-corrected chi connectivity index (χ2v) is 8.67. The molecule has 4 unspecified atom stereocenters. The second kappa shape index (κ2) is 7.07. The van der Waals surface area contributed by atoms with Gasteiger partial charge in [0.1, 0.15) is 12.1 Å². The fourth-order valence-electron chi connectivity index (χ4n) is 4.65. The van der Waals surface area contributed by atoms with E-state index < -0.39 is 18.0 Å². The third-order valence-electron chi connectivity index (χ3n) is 5.84. The van der Waals surface area contributed by atoms with Crippen LogP contribution < -0.4 is 5.32 Å². The summed E-state index contributed by atoms with van der Waals surface area (Å²) >= 11 is 3.55. The molecular formula is C16H25BrN2O4. The number of carboxylic acids is 2. The molecule has 0 aromatic rings. The summed E-state index contributed by atoms with van der Waals surface area (Å²) in [5.41, 5.74) is 0. The molecule has 0 bridgehead atoms. The largest absolute Gasteiger partial charge is 0.480 e. The molecule has 3 fully saturated rings. The highest BCUT2D eigenvalue weighted by Gasteiger charge is 2.41. The SMILES string of the molecule is O=C(O)C1CC2CC(CN3C[C@H](Br)C[C@H]3C(=O)O)CCC2CN1. The number of piperidine rings is 1. The van der Waals surface area contributed by atoms with E-state index in [1.807, 2.05) is 0 Å². The van der Waals surface area contributed by atoms with Crippen LogP contribution in [0.15, 0.2) is 0 Å². The van der Waals surface area contributed by atoms with Crippen LogP contribution in [0.5, 0.6) is 0 Å². The lowest BCUT2D eigenvalue weighted by atomic mass is 9.69. The molecule has 0 aromatic carbocycles. The van der Waals surface area contributed by atoms with Crippen molar-refractivity contribution in [3.8, 4) is 0 Å². The van der Waals surface area contributed by atoms with Crippen LogP contribution in [0.3, 0.4) is 0 Å². The van der Waals surface area contributed by atoms with Crippen molar-refractivity contribution in [1.82, 2.24) is 10.2 Å². The molecule has 23 heavy (non-hydrogen) atoms. The number of alkyl halides is 1. The molecule has 7 heteroatoms. The van der Waals surface area contributed by atoms with Gasteiger partial charge in [-0.3, -0.25) is 14.5 Å². The molecule has 3 aliphatic rings. The standard InChI is InChI=1S/C16H25BrN2O4/c17-12-5-14(16(22)23)19(8-12)7-9-1-2-10-6-18-13(15(20)21)4-11(10)3-9/h9-14,18H,1-8H2,(H,20,21)(H,22,23)/t9?,10?,11?,12-,13?,14+/m1/s1. The van der Waals surface area contributed by atoms with Crippen molar-refractivity contribution in [1.29, 1.82) is 0 Å². The van der Waals surface area contributed by atoms with Gasteiger partial charge in [0, 0.05) is 17.9 Å². The van der Waals surface area contributed by atoms with E-state index in [1.165, 1.54) is 0 Å². The van der Waals surface area contributed by atoms with E-state index >= 15 is 0 Å². The summed E-state index contributed by atoms with van der Waals surface area (Å²) in [6.45, 7) is 2.42. The minimum absolute atomic E-state index is 0.259. The van der Waals surface area contributed by atoms with Crippen LogP contribution in [0.1, 0.15) is 32.1 Å². The van der Waals surface area contributed by atoms with Crippen LogP contribution in [0.25, 0.3) is 0 Å². The molecule has 2 heterocycles. The Morgan fingerprint density at radius 1 is 1.09 bits per heavy atom. The maximum atomic E-state index is 11.4. The summed E-state index contributed by atoms with van der Waals surface area (Å²) < 4.78 is 0. The Morgan fingerprint density at radius 3 is 2.57 bits per heavy atom. The Hall–Kier alpha value is -0.660. The number of hydrogen-bond donors (Lipinski definition) is 3. The molecule has 0 spiro atoms.